The van der Waals surface area contributed by atoms with Crippen molar-refractivity contribution in [2.24, 2.45) is 7.05 Å². The highest BCUT2D eigenvalue weighted by Gasteiger charge is 2.32. The number of hydrogen-bond acceptors (Lipinski definition) is 6. The highest BCUT2D eigenvalue weighted by molar-refractivity contribution is 7.99. The molecule has 6 nitrogen and oxygen atoms in total. The van der Waals surface area contributed by atoms with Gasteiger partial charge in [-0.1, -0.05) is 17.8 Å². The van der Waals surface area contributed by atoms with Gasteiger partial charge in [0.15, 0.2) is 20.8 Å². The van der Waals surface area contributed by atoms with E-state index < -0.39 is 9.84 Å². The Bertz CT molecular complexity index is 964. The molecule has 1 aromatic carbocycles. The summed E-state index contributed by atoms with van der Waals surface area (Å²) in [6.45, 7) is 5.99. The number of thioether (sulfide) groups is 1. The maximum atomic E-state index is 12.6. The number of aryl methyl sites for hydroxylation is 3. The molecule has 140 valence electrons. The molecule has 2 aromatic rings. The molecule has 0 saturated carbocycles. The van der Waals surface area contributed by atoms with Gasteiger partial charge in [-0.25, -0.2) is 8.42 Å². The number of aromatic nitrogens is 3. The lowest BCUT2D eigenvalue weighted by Crippen LogP contribution is -2.10. The molecule has 1 fully saturated rings. The van der Waals surface area contributed by atoms with Crippen LogP contribution in [-0.2, 0) is 16.9 Å². The number of benzene rings is 1. The molecule has 2 heterocycles. The number of carbonyl (C=O) groups is 1. The highest BCUT2D eigenvalue weighted by Crippen LogP contribution is 2.29. The van der Waals surface area contributed by atoms with Gasteiger partial charge in [0.2, 0.25) is 0 Å². The molecule has 1 atom stereocenters. The zero-order valence-electron chi connectivity index (χ0n) is 15.4. The Morgan fingerprint density at radius 2 is 1.88 bits per heavy atom. The molecule has 26 heavy (non-hydrogen) atoms. The third kappa shape index (κ3) is 3.86. The predicted octanol–water partition coefficient (Wildman–Crippen LogP) is 2.62. The van der Waals surface area contributed by atoms with Gasteiger partial charge in [0.05, 0.1) is 17.3 Å². The molecule has 0 aliphatic carbocycles. The summed E-state index contributed by atoms with van der Waals surface area (Å²) < 4.78 is 25.2. The van der Waals surface area contributed by atoms with Gasteiger partial charge in [0, 0.05) is 18.5 Å². The molecule has 1 saturated heterocycles. The SMILES string of the molecule is Cc1cc(C)c(C(=O)CSc2nnc(C3CCS(=O)(=O)C3)n2C)cc1C. The summed E-state index contributed by atoms with van der Waals surface area (Å²) in [4.78, 5) is 12.6. The quantitative estimate of drug-likeness (QED) is 0.574. The van der Waals surface area contributed by atoms with E-state index in [9.17, 15) is 13.2 Å². The first kappa shape index (κ1) is 19.1. The summed E-state index contributed by atoms with van der Waals surface area (Å²) in [5, 5.41) is 8.97. The third-order valence-corrected chi connectivity index (χ3v) is 7.73. The van der Waals surface area contributed by atoms with Crippen LogP contribution in [0.15, 0.2) is 17.3 Å². The van der Waals surface area contributed by atoms with E-state index in [1.165, 1.54) is 17.3 Å². The number of Topliss-reactive ketones (excluding diaryl/α,β-unsaturated/α-hetero) is 1. The number of ketones is 1. The second-order valence-electron chi connectivity index (χ2n) is 6.96. The van der Waals surface area contributed by atoms with Gasteiger partial charge in [-0.3, -0.25) is 4.79 Å². The molecule has 1 aromatic heterocycles. The smallest absolute Gasteiger partial charge is 0.191 e. The van der Waals surface area contributed by atoms with Crippen LogP contribution in [0, 0.1) is 20.8 Å². The fraction of sp³-hybridized carbons (Fsp3) is 0.500. The van der Waals surface area contributed by atoms with E-state index >= 15 is 0 Å². The van der Waals surface area contributed by atoms with Crippen molar-refractivity contribution in [1.82, 2.24) is 14.8 Å². The van der Waals surface area contributed by atoms with Crippen molar-refractivity contribution in [3.63, 3.8) is 0 Å². The second kappa shape index (κ2) is 7.15. The van der Waals surface area contributed by atoms with Crippen LogP contribution in [0.2, 0.25) is 0 Å². The average molecular weight is 394 g/mol. The molecule has 0 bridgehead atoms. The normalized spacial score (nSPS) is 19.0. The highest BCUT2D eigenvalue weighted by atomic mass is 32.2. The molecule has 1 unspecified atom stereocenters. The average Bonchev–Trinajstić information content (AvgIpc) is 3.10. The van der Waals surface area contributed by atoms with Crippen LogP contribution >= 0.6 is 11.8 Å². The minimum atomic E-state index is -2.97. The van der Waals surface area contributed by atoms with Gasteiger partial charge in [-0.15, -0.1) is 10.2 Å². The Kier molecular flexibility index (Phi) is 5.25. The summed E-state index contributed by atoms with van der Waals surface area (Å²) in [7, 11) is -1.14. The van der Waals surface area contributed by atoms with E-state index in [-0.39, 0.29) is 29.0 Å². The van der Waals surface area contributed by atoms with Gasteiger partial charge in [-0.05, 0) is 49.9 Å². The third-order valence-electron chi connectivity index (χ3n) is 4.94. The van der Waals surface area contributed by atoms with Gasteiger partial charge in [0.25, 0.3) is 0 Å². The Labute approximate surface area is 158 Å². The summed E-state index contributed by atoms with van der Waals surface area (Å²) in [5.74, 6) is 1.25. The minimum Gasteiger partial charge on any atom is -0.309 e. The Morgan fingerprint density at radius 1 is 1.19 bits per heavy atom. The standard InChI is InChI=1S/C18H23N3O3S2/c1-11-7-13(3)15(8-12(11)2)16(22)9-25-18-20-19-17(21(18)4)14-5-6-26(23,24)10-14/h7-8,14H,5-6,9-10H2,1-4H3. The van der Waals surface area contributed by atoms with Crippen molar-refractivity contribution in [3.8, 4) is 0 Å². The maximum Gasteiger partial charge on any atom is 0.191 e. The lowest BCUT2D eigenvalue weighted by atomic mass is 9.99. The van der Waals surface area contributed by atoms with Gasteiger partial charge >= 0.3 is 0 Å². The number of carbonyl (C=O) groups excluding carboxylic acids is 1. The summed E-state index contributed by atoms with van der Waals surface area (Å²) >= 11 is 1.34. The fourth-order valence-corrected chi connectivity index (χ4v) is 5.82. The predicted molar refractivity (Wildman–Crippen MR) is 103 cm³/mol. The van der Waals surface area contributed by atoms with Crippen molar-refractivity contribution < 1.29 is 13.2 Å². The summed E-state index contributed by atoms with van der Waals surface area (Å²) in [6.07, 6.45) is 0.583. The van der Waals surface area contributed by atoms with Crippen molar-refractivity contribution in [1.29, 1.82) is 0 Å². The molecule has 3 rings (SSSR count). The van der Waals surface area contributed by atoms with Gasteiger partial charge in [-0.2, -0.15) is 0 Å². The topological polar surface area (TPSA) is 81.9 Å². The summed E-state index contributed by atoms with van der Waals surface area (Å²) in [6, 6.07) is 3.98. The molecule has 8 heteroatoms. The van der Waals surface area contributed by atoms with Crippen LogP contribution in [0.5, 0.6) is 0 Å². The molecule has 1 aliphatic heterocycles. The van der Waals surface area contributed by atoms with Crippen molar-refractivity contribution in [3.05, 3.63) is 40.2 Å². The molecule has 0 radical (unpaired) electrons. The number of rotatable bonds is 5. The van der Waals surface area contributed by atoms with E-state index in [1.807, 2.05) is 44.5 Å². The van der Waals surface area contributed by atoms with Crippen LogP contribution in [0.4, 0.5) is 0 Å². The van der Waals surface area contributed by atoms with Crippen molar-refractivity contribution in [2.45, 2.75) is 38.3 Å². The van der Waals surface area contributed by atoms with E-state index in [0.717, 1.165) is 16.7 Å². The van der Waals surface area contributed by atoms with Crippen molar-refractivity contribution >= 4 is 27.4 Å². The van der Waals surface area contributed by atoms with Crippen LogP contribution in [-0.4, -0.2) is 46.2 Å². The van der Waals surface area contributed by atoms with Crippen LogP contribution < -0.4 is 0 Å². The molecule has 0 amide bonds. The lowest BCUT2D eigenvalue weighted by molar-refractivity contribution is 0.102. The first-order chi connectivity index (χ1) is 12.2. The van der Waals surface area contributed by atoms with Gasteiger partial charge in [0.1, 0.15) is 5.82 Å². The van der Waals surface area contributed by atoms with Gasteiger partial charge < -0.3 is 4.57 Å². The molecule has 0 spiro atoms. The zero-order chi connectivity index (χ0) is 19.1. The number of sulfone groups is 1. The lowest BCUT2D eigenvalue weighted by Gasteiger charge is -2.10. The largest absolute Gasteiger partial charge is 0.309 e. The van der Waals surface area contributed by atoms with E-state index in [0.29, 0.717) is 17.4 Å². The van der Waals surface area contributed by atoms with Crippen LogP contribution in [0.25, 0.3) is 0 Å². The molecule has 0 N–H and O–H groups in total. The van der Waals surface area contributed by atoms with Crippen molar-refractivity contribution in [2.75, 3.05) is 17.3 Å². The maximum absolute atomic E-state index is 12.6. The van der Waals surface area contributed by atoms with Crippen LogP contribution in [0.1, 0.15) is 45.2 Å². The number of nitrogens with zero attached hydrogens (tertiary/aromatic N) is 3. The molecule has 1 aliphatic rings. The second-order valence-corrected chi connectivity index (χ2v) is 10.1. The summed E-state index contributed by atoms with van der Waals surface area (Å²) in [5.41, 5.74) is 4.00. The van der Waals surface area contributed by atoms with E-state index in [2.05, 4.69) is 10.2 Å². The number of hydrogen-bond donors (Lipinski definition) is 0. The van der Waals surface area contributed by atoms with E-state index in [1.54, 1.807) is 0 Å². The fourth-order valence-electron chi connectivity index (χ4n) is 3.27. The molecular weight excluding hydrogens is 370 g/mol. The van der Waals surface area contributed by atoms with Crippen LogP contribution in [0.3, 0.4) is 0 Å². The monoisotopic (exact) mass is 393 g/mol. The Balaban J connectivity index is 1.71. The first-order valence-corrected chi connectivity index (χ1v) is 11.3. The Morgan fingerprint density at radius 3 is 2.54 bits per heavy atom. The molecular formula is C18H23N3O3S2. The minimum absolute atomic E-state index is 0.0589. The first-order valence-electron chi connectivity index (χ1n) is 8.51. The Hall–Kier alpha value is -1.67. The van der Waals surface area contributed by atoms with E-state index in [4.69, 9.17) is 0 Å². The zero-order valence-corrected chi connectivity index (χ0v) is 17.1.